The fourth-order valence-electron chi connectivity index (χ4n) is 11.0. The maximum atomic E-state index is 2.41. The number of rotatable bonds is 11. The Labute approximate surface area is 439 Å². The second-order valence-corrected chi connectivity index (χ2v) is 19.2. The standard InChI is InChI=1S/C74H51N/c1-7-21-52(22-8-1)62-47-63(53-23-9-2-10-24-53)49-66(48-62)75(64-41-35-54(36-42-64)60-39-45-67(56-25-11-3-12-26-56)71(50-60)57-27-13-4-14-28-57)65-43-37-55(38-44-65)61-40-46-70-72(51-61)68-33-19-20-34-69(68)73(58-29-15-5-16-30-58)74(70)59-31-17-6-18-32-59/h1-51H. The average Bonchev–Trinajstić information content (AvgIpc) is 3.50. The van der Waals surface area contributed by atoms with Crippen molar-refractivity contribution < 1.29 is 0 Å². The largest absolute Gasteiger partial charge is 0.310 e. The van der Waals surface area contributed by atoms with Crippen molar-refractivity contribution in [3.8, 4) is 89.0 Å². The number of hydrogen-bond donors (Lipinski definition) is 0. The van der Waals surface area contributed by atoms with Crippen LogP contribution >= 0.6 is 0 Å². The second-order valence-electron chi connectivity index (χ2n) is 19.2. The van der Waals surface area contributed by atoms with Gasteiger partial charge in [-0.15, -0.1) is 0 Å². The van der Waals surface area contributed by atoms with E-state index in [1.54, 1.807) is 0 Å². The minimum Gasteiger partial charge on any atom is -0.310 e. The van der Waals surface area contributed by atoms with E-state index >= 15 is 0 Å². The molecule has 1 heteroatoms. The van der Waals surface area contributed by atoms with Crippen LogP contribution in [0.25, 0.3) is 111 Å². The van der Waals surface area contributed by atoms with Crippen LogP contribution in [0.5, 0.6) is 0 Å². The molecule has 0 saturated heterocycles. The van der Waals surface area contributed by atoms with Crippen LogP contribution in [0.3, 0.4) is 0 Å². The van der Waals surface area contributed by atoms with Crippen LogP contribution in [0.4, 0.5) is 17.1 Å². The first-order valence-electron chi connectivity index (χ1n) is 25.8. The van der Waals surface area contributed by atoms with Gasteiger partial charge in [-0.1, -0.05) is 255 Å². The number of fused-ring (bicyclic) bond motifs is 3. The van der Waals surface area contributed by atoms with Gasteiger partial charge in [0.15, 0.2) is 0 Å². The third-order valence-electron chi connectivity index (χ3n) is 14.6. The van der Waals surface area contributed by atoms with Gasteiger partial charge in [-0.25, -0.2) is 0 Å². The van der Waals surface area contributed by atoms with Gasteiger partial charge in [-0.05, 0) is 165 Å². The van der Waals surface area contributed by atoms with E-state index < -0.39 is 0 Å². The smallest absolute Gasteiger partial charge is 0.0473 e. The third kappa shape index (κ3) is 8.88. The highest BCUT2D eigenvalue weighted by molar-refractivity contribution is 6.22. The molecular formula is C74H51N. The summed E-state index contributed by atoms with van der Waals surface area (Å²) in [6.07, 6.45) is 0. The molecule has 0 unspecified atom stereocenters. The lowest BCUT2D eigenvalue weighted by Crippen LogP contribution is -2.10. The highest BCUT2D eigenvalue weighted by atomic mass is 15.1. The first kappa shape index (κ1) is 45.1. The molecule has 0 heterocycles. The molecule has 0 aliphatic heterocycles. The fourth-order valence-corrected chi connectivity index (χ4v) is 11.0. The molecule has 0 N–H and O–H groups in total. The van der Waals surface area contributed by atoms with Crippen LogP contribution in [0.1, 0.15) is 0 Å². The van der Waals surface area contributed by atoms with E-state index in [-0.39, 0.29) is 0 Å². The normalized spacial score (nSPS) is 11.2. The molecule has 0 atom stereocenters. The Morgan fingerprint density at radius 3 is 0.987 bits per heavy atom. The van der Waals surface area contributed by atoms with Crippen molar-refractivity contribution in [2.75, 3.05) is 4.90 Å². The molecule has 0 aliphatic rings. The molecule has 75 heavy (non-hydrogen) atoms. The van der Waals surface area contributed by atoms with Crippen LogP contribution in [0.2, 0.25) is 0 Å². The number of hydrogen-bond acceptors (Lipinski definition) is 1. The Morgan fingerprint density at radius 2 is 0.507 bits per heavy atom. The van der Waals surface area contributed by atoms with Crippen molar-refractivity contribution in [2.24, 2.45) is 0 Å². The summed E-state index contributed by atoms with van der Waals surface area (Å²) in [4.78, 5) is 2.41. The van der Waals surface area contributed by atoms with Gasteiger partial charge in [0, 0.05) is 17.1 Å². The van der Waals surface area contributed by atoms with Crippen LogP contribution < -0.4 is 4.90 Å². The predicted octanol–water partition coefficient (Wildman–Crippen LogP) is 20.8. The Balaban J connectivity index is 0.941. The Bertz CT molecular complexity index is 4040. The van der Waals surface area contributed by atoms with E-state index in [0.29, 0.717) is 0 Å². The minimum atomic E-state index is 1.07. The first-order valence-corrected chi connectivity index (χ1v) is 25.8. The van der Waals surface area contributed by atoms with E-state index in [2.05, 4.69) is 314 Å². The molecule has 13 aromatic rings. The van der Waals surface area contributed by atoms with Gasteiger partial charge in [0.25, 0.3) is 0 Å². The lowest BCUT2D eigenvalue weighted by atomic mass is 9.84. The van der Waals surface area contributed by atoms with Gasteiger partial charge in [-0.3, -0.25) is 0 Å². The van der Waals surface area contributed by atoms with Gasteiger partial charge >= 0.3 is 0 Å². The summed E-state index contributed by atoms with van der Waals surface area (Å²) in [6, 6.07) is 113. The molecule has 13 rings (SSSR count). The third-order valence-corrected chi connectivity index (χ3v) is 14.6. The molecule has 0 spiro atoms. The quantitative estimate of drug-likeness (QED) is 0.117. The minimum absolute atomic E-state index is 1.07. The molecule has 1 nitrogen and oxygen atoms in total. The van der Waals surface area contributed by atoms with Crippen molar-refractivity contribution in [3.63, 3.8) is 0 Å². The first-order chi connectivity index (χ1) is 37.2. The number of nitrogens with zero attached hydrogens (tertiary/aromatic N) is 1. The zero-order chi connectivity index (χ0) is 49.9. The Morgan fingerprint density at radius 1 is 0.160 bits per heavy atom. The van der Waals surface area contributed by atoms with Crippen LogP contribution in [-0.4, -0.2) is 0 Å². The topological polar surface area (TPSA) is 3.24 Å². The van der Waals surface area contributed by atoms with Crippen molar-refractivity contribution in [3.05, 3.63) is 309 Å². The van der Waals surface area contributed by atoms with Crippen LogP contribution in [-0.2, 0) is 0 Å². The summed E-state index contributed by atoms with van der Waals surface area (Å²) in [5, 5.41) is 4.97. The fraction of sp³-hybridized carbons (Fsp3) is 0. The number of benzene rings is 13. The lowest BCUT2D eigenvalue weighted by Gasteiger charge is -2.27. The second kappa shape index (κ2) is 20.0. The van der Waals surface area contributed by atoms with Gasteiger partial charge in [0.05, 0.1) is 0 Å². The Hall–Kier alpha value is -9.82. The van der Waals surface area contributed by atoms with Gasteiger partial charge in [-0.2, -0.15) is 0 Å². The summed E-state index contributed by atoms with van der Waals surface area (Å²) < 4.78 is 0. The molecule has 0 radical (unpaired) electrons. The zero-order valence-corrected chi connectivity index (χ0v) is 41.4. The van der Waals surface area contributed by atoms with E-state index in [1.165, 1.54) is 88.3 Å². The van der Waals surface area contributed by atoms with E-state index in [0.717, 1.165) is 39.3 Å². The molecule has 0 fully saturated rings. The zero-order valence-electron chi connectivity index (χ0n) is 41.4. The molecule has 0 bridgehead atoms. The van der Waals surface area contributed by atoms with Crippen LogP contribution in [0.15, 0.2) is 309 Å². The molecule has 0 aliphatic carbocycles. The van der Waals surface area contributed by atoms with Crippen molar-refractivity contribution >= 4 is 38.6 Å². The van der Waals surface area contributed by atoms with Gasteiger partial charge < -0.3 is 4.90 Å². The summed E-state index contributed by atoms with van der Waals surface area (Å²) in [7, 11) is 0. The van der Waals surface area contributed by atoms with Gasteiger partial charge in [0.2, 0.25) is 0 Å². The number of anilines is 3. The Kier molecular flexibility index (Phi) is 12.0. The molecule has 0 aromatic heterocycles. The molecule has 0 saturated carbocycles. The summed E-state index contributed by atoms with van der Waals surface area (Å²) in [5.41, 5.74) is 22.3. The van der Waals surface area contributed by atoms with E-state index in [4.69, 9.17) is 0 Å². The SMILES string of the molecule is c1ccc(-c2cc(-c3ccccc3)cc(N(c3ccc(-c4ccc(-c5ccccc5)c(-c5ccccc5)c4)cc3)c3ccc(-c4ccc5c(-c6ccccc6)c(-c6ccccc6)c6ccccc6c5c4)cc3)c2)cc1. The van der Waals surface area contributed by atoms with Crippen LogP contribution in [0, 0.1) is 0 Å². The molecule has 0 amide bonds. The molecular weight excluding hydrogens is 903 g/mol. The van der Waals surface area contributed by atoms with Crippen molar-refractivity contribution in [1.82, 2.24) is 0 Å². The maximum absolute atomic E-state index is 2.41. The van der Waals surface area contributed by atoms with E-state index in [9.17, 15) is 0 Å². The van der Waals surface area contributed by atoms with Gasteiger partial charge in [0.1, 0.15) is 0 Å². The molecule has 13 aromatic carbocycles. The van der Waals surface area contributed by atoms with Crippen molar-refractivity contribution in [1.29, 1.82) is 0 Å². The van der Waals surface area contributed by atoms with Crippen molar-refractivity contribution in [2.45, 2.75) is 0 Å². The maximum Gasteiger partial charge on any atom is 0.0473 e. The lowest BCUT2D eigenvalue weighted by molar-refractivity contribution is 1.28. The summed E-state index contributed by atoms with van der Waals surface area (Å²) >= 11 is 0. The summed E-state index contributed by atoms with van der Waals surface area (Å²) in [6.45, 7) is 0. The predicted molar refractivity (Wildman–Crippen MR) is 320 cm³/mol. The van der Waals surface area contributed by atoms with E-state index in [1.807, 2.05) is 0 Å². The molecule has 352 valence electrons. The highest BCUT2D eigenvalue weighted by Crippen LogP contribution is 2.47. The average molecular weight is 954 g/mol. The summed E-state index contributed by atoms with van der Waals surface area (Å²) in [5.74, 6) is 0. The highest BCUT2D eigenvalue weighted by Gasteiger charge is 2.20. The monoisotopic (exact) mass is 953 g/mol.